The van der Waals surface area contributed by atoms with Gasteiger partial charge in [0, 0.05) is 6.54 Å². The van der Waals surface area contributed by atoms with E-state index in [-0.39, 0.29) is 17.7 Å². The number of amides is 1. The first-order valence-corrected chi connectivity index (χ1v) is 8.23. The number of likely N-dealkylation sites (tertiary alicyclic amines) is 1. The molecule has 2 atom stereocenters. The van der Waals surface area contributed by atoms with Crippen molar-refractivity contribution in [1.82, 2.24) is 10.2 Å². The van der Waals surface area contributed by atoms with Gasteiger partial charge in [-0.25, -0.2) is 4.79 Å². The van der Waals surface area contributed by atoms with Crippen molar-refractivity contribution in [2.24, 2.45) is 0 Å². The number of carbonyl (C=O) groups excluding carboxylic acids is 1. The molecule has 2 saturated heterocycles. The number of rotatable bonds is 1. The maximum Gasteiger partial charge on any atom is 0.410 e. The van der Waals surface area contributed by atoms with Gasteiger partial charge < -0.3 is 15.0 Å². The first-order valence-electron chi connectivity index (χ1n) is 8.23. The van der Waals surface area contributed by atoms with Crippen LogP contribution in [0.25, 0.3) is 0 Å². The Balaban J connectivity index is 1.87. The van der Waals surface area contributed by atoms with E-state index in [4.69, 9.17) is 4.74 Å². The van der Waals surface area contributed by atoms with Crippen LogP contribution in [-0.2, 0) is 10.3 Å². The van der Waals surface area contributed by atoms with Gasteiger partial charge in [-0.05, 0) is 52.1 Å². The monoisotopic (exact) mass is 302 g/mol. The second kappa shape index (κ2) is 5.58. The highest BCUT2D eigenvalue weighted by Gasteiger charge is 2.51. The van der Waals surface area contributed by atoms with E-state index in [1.54, 1.807) is 0 Å². The van der Waals surface area contributed by atoms with Crippen LogP contribution in [0.15, 0.2) is 30.3 Å². The second-order valence-corrected chi connectivity index (χ2v) is 7.35. The quantitative estimate of drug-likeness (QED) is 0.865. The van der Waals surface area contributed by atoms with E-state index >= 15 is 0 Å². The van der Waals surface area contributed by atoms with Crippen molar-refractivity contribution in [3.63, 3.8) is 0 Å². The van der Waals surface area contributed by atoms with Crippen molar-refractivity contribution in [3.8, 4) is 0 Å². The van der Waals surface area contributed by atoms with E-state index in [0.29, 0.717) is 0 Å². The van der Waals surface area contributed by atoms with Gasteiger partial charge in [0.25, 0.3) is 0 Å². The summed E-state index contributed by atoms with van der Waals surface area (Å²) < 4.78 is 5.61. The third-order valence-corrected chi connectivity index (χ3v) is 4.70. The van der Waals surface area contributed by atoms with E-state index in [1.165, 1.54) is 5.56 Å². The Morgan fingerprint density at radius 1 is 1.32 bits per heavy atom. The zero-order valence-electron chi connectivity index (χ0n) is 13.8. The molecule has 4 heteroatoms. The van der Waals surface area contributed by atoms with Crippen LogP contribution < -0.4 is 5.32 Å². The van der Waals surface area contributed by atoms with Crippen molar-refractivity contribution in [1.29, 1.82) is 0 Å². The molecule has 2 fully saturated rings. The smallest absolute Gasteiger partial charge is 0.410 e. The molecule has 0 bridgehead atoms. The average Bonchev–Trinajstić information content (AvgIpc) is 2.87. The minimum Gasteiger partial charge on any atom is -0.444 e. The number of fused-ring (bicyclic) bond motifs is 1. The van der Waals surface area contributed by atoms with E-state index in [2.05, 4.69) is 29.6 Å². The standard InChI is InChI=1S/C18H26N2O2/c1-17(2,3)22-16(21)20-13-11-18(14-8-5-4-6-9-14)15(20)10-7-12-19-18/h4-6,8-9,15,19H,7,10-13H2,1-3H3/t15-,18+/m0/s1. The second-order valence-electron chi connectivity index (χ2n) is 7.35. The third-order valence-electron chi connectivity index (χ3n) is 4.70. The minimum atomic E-state index is -0.447. The Kier molecular flexibility index (Phi) is 3.89. The van der Waals surface area contributed by atoms with Crippen molar-refractivity contribution >= 4 is 6.09 Å². The largest absolute Gasteiger partial charge is 0.444 e. The Hall–Kier alpha value is -1.55. The lowest BCUT2D eigenvalue weighted by Gasteiger charge is -2.43. The number of hydrogen-bond acceptors (Lipinski definition) is 3. The topological polar surface area (TPSA) is 41.6 Å². The fourth-order valence-corrected chi connectivity index (χ4v) is 3.81. The van der Waals surface area contributed by atoms with Crippen LogP contribution in [0.5, 0.6) is 0 Å². The van der Waals surface area contributed by atoms with Gasteiger partial charge in [-0.2, -0.15) is 0 Å². The summed E-state index contributed by atoms with van der Waals surface area (Å²) in [4.78, 5) is 14.5. The third kappa shape index (κ3) is 2.72. The van der Waals surface area contributed by atoms with Crippen molar-refractivity contribution < 1.29 is 9.53 Å². The highest BCUT2D eigenvalue weighted by atomic mass is 16.6. The maximum absolute atomic E-state index is 12.6. The molecule has 120 valence electrons. The molecule has 22 heavy (non-hydrogen) atoms. The Morgan fingerprint density at radius 2 is 2.05 bits per heavy atom. The molecule has 3 rings (SSSR count). The van der Waals surface area contributed by atoms with Gasteiger partial charge in [-0.3, -0.25) is 0 Å². The fraction of sp³-hybridized carbons (Fsp3) is 0.611. The molecule has 0 unspecified atom stereocenters. The maximum atomic E-state index is 12.6. The highest BCUT2D eigenvalue weighted by Crippen LogP contribution is 2.42. The average molecular weight is 302 g/mol. The number of nitrogens with zero attached hydrogens (tertiary/aromatic N) is 1. The summed E-state index contributed by atoms with van der Waals surface area (Å²) in [7, 11) is 0. The van der Waals surface area contributed by atoms with Crippen molar-refractivity contribution in [2.75, 3.05) is 13.1 Å². The summed E-state index contributed by atoms with van der Waals surface area (Å²) in [6.07, 6.45) is 2.89. The molecule has 2 heterocycles. The molecule has 2 aliphatic rings. The van der Waals surface area contributed by atoms with Crippen LogP contribution in [0, 0.1) is 0 Å². The summed E-state index contributed by atoms with van der Waals surface area (Å²) in [6.45, 7) is 7.52. The molecule has 0 aliphatic carbocycles. The van der Waals surface area contributed by atoms with Crippen LogP contribution >= 0.6 is 0 Å². The predicted octanol–water partition coefficient (Wildman–Crippen LogP) is 3.27. The summed E-state index contributed by atoms with van der Waals surface area (Å²) in [5, 5.41) is 3.71. The van der Waals surface area contributed by atoms with Gasteiger partial charge >= 0.3 is 6.09 Å². The summed E-state index contributed by atoms with van der Waals surface area (Å²) in [5.41, 5.74) is 0.721. The number of nitrogens with one attached hydrogen (secondary N) is 1. The molecular weight excluding hydrogens is 276 g/mol. The van der Waals surface area contributed by atoms with Crippen LogP contribution in [0.1, 0.15) is 45.6 Å². The summed E-state index contributed by atoms with van der Waals surface area (Å²) in [5.74, 6) is 0. The van der Waals surface area contributed by atoms with E-state index in [9.17, 15) is 4.79 Å². The predicted molar refractivity (Wildman–Crippen MR) is 86.7 cm³/mol. The molecule has 2 aliphatic heterocycles. The lowest BCUT2D eigenvalue weighted by Crippen LogP contribution is -2.57. The van der Waals surface area contributed by atoms with Gasteiger partial charge in [0.05, 0.1) is 11.6 Å². The van der Waals surface area contributed by atoms with Crippen LogP contribution in [0.3, 0.4) is 0 Å². The molecule has 1 N–H and O–H groups in total. The van der Waals surface area contributed by atoms with Gasteiger partial charge in [-0.15, -0.1) is 0 Å². The molecule has 1 aromatic carbocycles. The van der Waals surface area contributed by atoms with Crippen molar-refractivity contribution in [2.45, 2.75) is 57.2 Å². The highest BCUT2D eigenvalue weighted by molar-refractivity contribution is 5.69. The van der Waals surface area contributed by atoms with E-state index in [0.717, 1.165) is 32.4 Å². The molecule has 0 saturated carbocycles. The van der Waals surface area contributed by atoms with Gasteiger partial charge in [0.2, 0.25) is 0 Å². The lowest BCUT2D eigenvalue weighted by molar-refractivity contribution is 0.0151. The van der Waals surface area contributed by atoms with Crippen LogP contribution in [-0.4, -0.2) is 35.7 Å². The molecule has 4 nitrogen and oxygen atoms in total. The zero-order chi connectivity index (χ0) is 15.8. The van der Waals surface area contributed by atoms with Gasteiger partial charge in [0.15, 0.2) is 0 Å². The van der Waals surface area contributed by atoms with E-state index < -0.39 is 5.60 Å². The van der Waals surface area contributed by atoms with Gasteiger partial charge in [0.1, 0.15) is 5.60 Å². The fourth-order valence-electron chi connectivity index (χ4n) is 3.81. The number of carbonyl (C=O) groups is 1. The molecule has 0 aromatic heterocycles. The number of benzene rings is 1. The van der Waals surface area contributed by atoms with Gasteiger partial charge in [-0.1, -0.05) is 30.3 Å². The first-order chi connectivity index (χ1) is 10.4. The van der Waals surface area contributed by atoms with E-state index in [1.807, 2.05) is 31.7 Å². The molecule has 1 amide bonds. The number of ether oxygens (including phenoxy) is 1. The van der Waals surface area contributed by atoms with Crippen LogP contribution in [0.2, 0.25) is 0 Å². The zero-order valence-corrected chi connectivity index (χ0v) is 13.8. The Labute approximate surface area is 132 Å². The number of piperidine rings is 1. The SMILES string of the molecule is CC(C)(C)OC(=O)N1CC[C@]2(c3ccccc3)NCCC[C@H]12. The normalized spacial score (nSPS) is 28.3. The summed E-state index contributed by atoms with van der Waals surface area (Å²) in [6, 6.07) is 10.7. The molecule has 1 aromatic rings. The summed E-state index contributed by atoms with van der Waals surface area (Å²) >= 11 is 0. The minimum absolute atomic E-state index is 0.115. The molecule has 0 radical (unpaired) electrons. The first kappa shape index (κ1) is 15.3. The molecule has 0 spiro atoms. The van der Waals surface area contributed by atoms with Crippen molar-refractivity contribution in [3.05, 3.63) is 35.9 Å². The Bertz CT molecular complexity index is 538. The number of hydrogen-bond donors (Lipinski definition) is 1. The Morgan fingerprint density at radius 3 is 2.73 bits per heavy atom. The lowest BCUT2D eigenvalue weighted by atomic mass is 9.78. The van der Waals surface area contributed by atoms with Crippen LogP contribution in [0.4, 0.5) is 4.79 Å². The molecular formula is C18H26N2O2.